The van der Waals surface area contributed by atoms with Crippen molar-refractivity contribution >= 4 is 12.8 Å². The SMILES string of the molecule is CC.CCC(COC)N(C)S. The number of methoxy groups -OCH3 is 1. The van der Waals surface area contributed by atoms with E-state index in [2.05, 4.69) is 19.7 Å². The molecule has 1 unspecified atom stereocenters. The van der Waals surface area contributed by atoms with Crippen LogP contribution in [-0.2, 0) is 4.74 Å². The molecule has 11 heavy (non-hydrogen) atoms. The highest BCUT2D eigenvalue weighted by molar-refractivity contribution is 7.77. The zero-order valence-electron chi connectivity index (χ0n) is 8.29. The average Bonchev–Trinajstić information content (AvgIpc) is 2.03. The molecule has 0 fully saturated rings. The minimum atomic E-state index is 0.443. The van der Waals surface area contributed by atoms with Gasteiger partial charge in [0.1, 0.15) is 0 Å². The molecular formula is C8H21NOS. The Kier molecular flexibility index (Phi) is 12.9. The van der Waals surface area contributed by atoms with Crippen LogP contribution in [0.1, 0.15) is 27.2 Å². The first-order valence-electron chi connectivity index (χ1n) is 4.13. The molecule has 0 spiro atoms. The molecule has 0 saturated carbocycles. The third-order valence-corrected chi connectivity index (χ3v) is 1.69. The van der Waals surface area contributed by atoms with Crippen molar-refractivity contribution in [3.63, 3.8) is 0 Å². The Morgan fingerprint density at radius 3 is 2.00 bits per heavy atom. The Morgan fingerprint density at radius 2 is 1.91 bits per heavy atom. The summed E-state index contributed by atoms with van der Waals surface area (Å²) in [4.78, 5) is 0. The summed E-state index contributed by atoms with van der Waals surface area (Å²) in [6.45, 7) is 6.88. The second kappa shape index (κ2) is 10.3. The summed E-state index contributed by atoms with van der Waals surface area (Å²) in [6.07, 6.45) is 1.08. The zero-order chi connectivity index (χ0) is 9.28. The number of thiol groups is 1. The van der Waals surface area contributed by atoms with Gasteiger partial charge < -0.3 is 4.74 Å². The highest BCUT2D eigenvalue weighted by Gasteiger charge is 2.07. The van der Waals surface area contributed by atoms with Crippen LogP contribution in [0.2, 0.25) is 0 Å². The molecule has 70 valence electrons. The third kappa shape index (κ3) is 8.17. The summed E-state index contributed by atoms with van der Waals surface area (Å²) < 4.78 is 6.84. The Hall–Kier alpha value is 0.270. The fourth-order valence-electron chi connectivity index (χ4n) is 0.682. The van der Waals surface area contributed by atoms with Crippen LogP contribution < -0.4 is 0 Å². The van der Waals surface area contributed by atoms with Crippen LogP contribution in [-0.4, -0.2) is 31.1 Å². The molecule has 1 atom stereocenters. The van der Waals surface area contributed by atoms with Gasteiger partial charge >= 0.3 is 0 Å². The predicted octanol–water partition coefficient (Wildman–Crippen LogP) is 2.21. The van der Waals surface area contributed by atoms with E-state index in [0.29, 0.717) is 6.04 Å². The molecule has 3 heteroatoms. The Bertz CT molecular complexity index is 69.1. The summed E-state index contributed by atoms with van der Waals surface area (Å²) in [5.74, 6) is 0. The molecule has 2 nitrogen and oxygen atoms in total. The van der Waals surface area contributed by atoms with Crippen LogP contribution in [0, 0.1) is 0 Å². The van der Waals surface area contributed by atoms with E-state index in [4.69, 9.17) is 4.74 Å². The van der Waals surface area contributed by atoms with Crippen molar-refractivity contribution in [2.45, 2.75) is 33.2 Å². The topological polar surface area (TPSA) is 12.5 Å². The number of hydrogen-bond acceptors (Lipinski definition) is 3. The second-order valence-corrected chi connectivity index (χ2v) is 2.72. The molecule has 0 bridgehead atoms. The Balaban J connectivity index is 0. The van der Waals surface area contributed by atoms with Gasteiger partial charge in [0.25, 0.3) is 0 Å². The number of ether oxygens (including phenoxy) is 1. The average molecular weight is 179 g/mol. The van der Waals surface area contributed by atoms with Crippen molar-refractivity contribution in [1.29, 1.82) is 0 Å². The first kappa shape index (κ1) is 13.8. The summed E-state index contributed by atoms with van der Waals surface area (Å²) in [7, 11) is 3.65. The Labute approximate surface area is 76.5 Å². The lowest BCUT2D eigenvalue weighted by atomic mass is 10.2. The summed E-state index contributed by atoms with van der Waals surface area (Å²) >= 11 is 4.16. The van der Waals surface area contributed by atoms with E-state index in [-0.39, 0.29) is 0 Å². The van der Waals surface area contributed by atoms with Crippen LogP contribution >= 0.6 is 12.8 Å². The maximum Gasteiger partial charge on any atom is 0.0627 e. The normalized spacial score (nSPS) is 12.3. The van der Waals surface area contributed by atoms with Gasteiger partial charge in [-0.1, -0.05) is 33.6 Å². The fraction of sp³-hybridized carbons (Fsp3) is 1.00. The van der Waals surface area contributed by atoms with Crippen molar-refractivity contribution in [2.75, 3.05) is 20.8 Å². The lowest BCUT2D eigenvalue weighted by Gasteiger charge is -2.19. The van der Waals surface area contributed by atoms with E-state index in [1.165, 1.54) is 0 Å². The highest BCUT2D eigenvalue weighted by Crippen LogP contribution is 2.02. The monoisotopic (exact) mass is 179 g/mol. The third-order valence-electron chi connectivity index (χ3n) is 1.36. The van der Waals surface area contributed by atoms with Gasteiger partial charge in [-0.25, -0.2) is 0 Å². The van der Waals surface area contributed by atoms with Crippen LogP contribution in [0.15, 0.2) is 0 Å². The number of rotatable bonds is 4. The van der Waals surface area contributed by atoms with Crippen LogP contribution in [0.3, 0.4) is 0 Å². The van der Waals surface area contributed by atoms with E-state index in [1.54, 1.807) is 7.11 Å². The summed E-state index contributed by atoms with van der Waals surface area (Å²) in [5.41, 5.74) is 0. The van der Waals surface area contributed by atoms with Gasteiger partial charge in [-0.05, 0) is 13.5 Å². The van der Waals surface area contributed by atoms with Gasteiger partial charge in [-0.15, -0.1) is 0 Å². The first-order chi connectivity index (χ1) is 5.22. The van der Waals surface area contributed by atoms with Crippen LogP contribution in [0.25, 0.3) is 0 Å². The van der Waals surface area contributed by atoms with E-state index in [0.717, 1.165) is 13.0 Å². The van der Waals surface area contributed by atoms with Gasteiger partial charge in [-0.2, -0.15) is 0 Å². The van der Waals surface area contributed by atoms with Crippen molar-refractivity contribution < 1.29 is 4.74 Å². The van der Waals surface area contributed by atoms with E-state index < -0.39 is 0 Å². The minimum absolute atomic E-state index is 0.443. The minimum Gasteiger partial charge on any atom is -0.383 e. The van der Waals surface area contributed by atoms with Crippen LogP contribution in [0.4, 0.5) is 0 Å². The van der Waals surface area contributed by atoms with E-state index in [1.807, 2.05) is 25.2 Å². The highest BCUT2D eigenvalue weighted by atomic mass is 32.1. The number of hydrogen-bond donors (Lipinski definition) is 1. The molecule has 0 rings (SSSR count). The van der Waals surface area contributed by atoms with Gasteiger partial charge in [0.2, 0.25) is 0 Å². The second-order valence-electron chi connectivity index (χ2n) is 2.09. The van der Waals surface area contributed by atoms with Gasteiger partial charge in [0, 0.05) is 13.2 Å². The molecule has 0 aromatic rings. The maximum absolute atomic E-state index is 4.97. The van der Waals surface area contributed by atoms with Gasteiger partial charge in [-0.3, -0.25) is 4.31 Å². The van der Waals surface area contributed by atoms with E-state index in [9.17, 15) is 0 Å². The number of likely N-dealkylation sites (N-methyl/N-ethyl adjacent to an activating group) is 1. The van der Waals surface area contributed by atoms with Crippen molar-refractivity contribution in [3.05, 3.63) is 0 Å². The van der Waals surface area contributed by atoms with Gasteiger partial charge in [0.15, 0.2) is 0 Å². The molecule has 0 aliphatic rings. The zero-order valence-corrected chi connectivity index (χ0v) is 9.19. The largest absolute Gasteiger partial charge is 0.383 e. The van der Waals surface area contributed by atoms with Crippen molar-refractivity contribution in [1.82, 2.24) is 4.31 Å². The molecule has 0 heterocycles. The molecule has 0 N–H and O–H groups in total. The quantitative estimate of drug-likeness (QED) is 0.664. The lowest BCUT2D eigenvalue weighted by Crippen LogP contribution is -2.27. The first-order valence-corrected chi connectivity index (χ1v) is 4.53. The Morgan fingerprint density at radius 1 is 1.45 bits per heavy atom. The molecule has 0 aromatic carbocycles. The smallest absolute Gasteiger partial charge is 0.0627 e. The molecule has 0 aromatic heterocycles. The molecule has 0 radical (unpaired) electrons. The summed E-state index contributed by atoms with van der Waals surface area (Å²) in [5, 5.41) is 0. The lowest BCUT2D eigenvalue weighted by molar-refractivity contribution is 0.144. The van der Waals surface area contributed by atoms with E-state index >= 15 is 0 Å². The number of nitrogens with zero attached hydrogens (tertiary/aromatic N) is 1. The standard InChI is InChI=1S/C6H15NOS.C2H6/c1-4-6(5-8-3)7(2)9;1-2/h6,9H,4-5H2,1-3H3;1-2H3. The molecular weight excluding hydrogens is 158 g/mol. The molecule has 0 saturated heterocycles. The van der Waals surface area contributed by atoms with Gasteiger partial charge in [0.05, 0.1) is 6.61 Å². The summed E-state index contributed by atoms with van der Waals surface area (Å²) in [6, 6.07) is 0.443. The molecule has 0 aliphatic heterocycles. The van der Waals surface area contributed by atoms with Crippen LogP contribution in [0.5, 0.6) is 0 Å². The maximum atomic E-state index is 4.97. The predicted molar refractivity (Wildman–Crippen MR) is 54.1 cm³/mol. The molecule has 0 aliphatic carbocycles. The van der Waals surface area contributed by atoms with Crippen molar-refractivity contribution in [2.24, 2.45) is 0 Å². The van der Waals surface area contributed by atoms with Crippen molar-refractivity contribution in [3.8, 4) is 0 Å². The molecule has 0 amide bonds. The fourth-order valence-corrected chi connectivity index (χ4v) is 0.912.